The van der Waals surface area contributed by atoms with Crippen molar-refractivity contribution in [3.05, 3.63) is 140 Å². The van der Waals surface area contributed by atoms with Gasteiger partial charge in [-0.2, -0.15) is 0 Å². The topological polar surface area (TPSA) is 95.6 Å². The highest BCUT2D eigenvalue weighted by Crippen LogP contribution is 2.34. The molecule has 3 aromatic carbocycles. The number of amides is 1. The van der Waals surface area contributed by atoms with Crippen LogP contribution >= 0.6 is 22.6 Å². The summed E-state index contributed by atoms with van der Waals surface area (Å²) in [6.45, 7) is 6.11. The maximum atomic E-state index is 13.3. The van der Waals surface area contributed by atoms with Crippen LogP contribution < -0.4 is 15.5 Å². The Morgan fingerprint density at radius 2 is 1.52 bits per heavy atom. The van der Waals surface area contributed by atoms with E-state index in [1.165, 1.54) is 12.3 Å². The molecule has 0 bridgehead atoms. The van der Waals surface area contributed by atoms with Crippen LogP contribution in [0.4, 0.5) is 4.79 Å². The Morgan fingerprint density at radius 3 is 2.11 bits per heavy atom. The summed E-state index contributed by atoms with van der Waals surface area (Å²) in [6.07, 6.45) is 1.82. The molecule has 0 saturated carbocycles. The summed E-state index contributed by atoms with van der Waals surface area (Å²) in [4.78, 5) is 30.9. The number of benzene rings is 3. The zero-order valence-corrected chi connectivity index (χ0v) is 26.9. The first-order valence-corrected chi connectivity index (χ1v) is 15.4. The van der Waals surface area contributed by atoms with Gasteiger partial charge in [0.1, 0.15) is 16.4 Å². The van der Waals surface area contributed by atoms with Crippen molar-refractivity contribution in [1.29, 1.82) is 0 Å². The first kappa shape index (κ1) is 31.1. The number of imidazole rings is 1. The number of rotatable bonds is 10. The third-order valence-corrected chi connectivity index (χ3v) is 7.72. The van der Waals surface area contributed by atoms with Crippen molar-refractivity contribution in [3.8, 4) is 17.3 Å². The van der Waals surface area contributed by atoms with E-state index in [0.29, 0.717) is 5.82 Å². The predicted octanol–water partition coefficient (Wildman–Crippen LogP) is 7.41. The molecule has 1 N–H and O–H groups in total. The third-order valence-electron chi connectivity index (χ3n) is 6.86. The van der Waals surface area contributed by atoms with Crippen LogP contribution in [0.15, 0.2) is 119 Å². The van der Waals surface area contributed by atoms with E-state index in [4.69, 9.17) is 13.9 Å². The van der Waals surface area contributed by atoms with Gasteiger partial charge >= 0.3 is 6.09 Å². The number of aromatic nitrogens is 2. The Labute approximate surface area is 270 Å². The lowest BCUT2D eigenvalue weighted by Gasteiger charge is -2.30. The highest BCUT2D eigenvalue weighted by Gasteiger charge is 2.32. The summed E-state index contributed by atoms with van der Waals surface area (Å²) in [5.41, 5.74) is 2.06. The molecule has 0 radical (unpaired) electrons. The molecule has 0 aliphatic rings. The van der Waals surface area contributed by atoms with E-state index in [9.17, 15) is 9.59 Å². The number of hydrogen-bond donors (Lipinski definition) is 1. The Bertz CT molecular complexity index is 1690. The van der Waals surface area contributed by atoms with Crippen molar-refractivity contribution in [1.82, 2.24) is 14.9 Å². The van der Waals surface area contributed by atoms with Gasteiger partial charge in [-0.3, -0.25) is 4.79 Å². The van der Waals surface area contributed by atoms with E-state index in [1.54, 1.807) is 6.20 Å². The van der Waals surface area contributed by atoms with E-state index in [0.717, 1.165) is 20.4 Å². The zero-order valence-electron chi connectivity index (χ0n) is 24.8. The molecule has 226 valence electrons. The van der Waals surface area contributed by atoms with Crippen molar-refractivity contribution in [2.75, 3.05) is 0 Å². The Balaban J connectivity index is 1.57. The standard InChI is InChI=1S/C35H34IN3O5/c1-35(2,3)38-34(41)44-28(30(25-15-9-5-10-16-25)26-17-11-6-12-18-26)22-39-29(36)21-37-33(39)32-31(27(40)19-20-42-32)43-23-24-13-7-4-8-14-24/h4-21,28,30H,22-23H2,1-3H3,(H,38,41)/t28-/m1/s1. The van der Waals surface area contributed by atoms with Crippen LogP contribution in [0.3, 0.4) is 0 Å². The van der Waals surface area contributed by atoms with E-state index in [-0.39, 0.29) is 36.0 Å². The molecule has 5 aromatic rings. The van der Waals surface area contributed by atoms with Crippen molar-refractivity contribution >= 4 is 28.7 Å². The monoisotopic (exact) mass is 703 g/mol. The summed E-state index contributed by atoms with van der Waals surface area (Å²) in [6, 6.07) is 30.8. The number of halogens is 1. The molecule has 0 aliphatic carbocycles. The summed E-state index contributed by atoms with van der Waals surface area (Å²) >= 11 is 2.18. The van der Waals surface area contributed by atoms with E-state index in [1.807, 2.05) is 116 Å². The summed E-state index contributed by atoms with van der Waals surface area (Å²) in [7, 11) is 0. The average molecular weight is 704 g/mol. The van der Waals surface area contributed by atoms with Gasteiger partial charge in [-0.25, -0.2) is 9.78 Å². The van der Waals surface area contributed by atoms with Crippen LogP contribution in [0.5, 0.6) is 5.75 Å². The first-order chi connectivity index (χ1) is 21.2. The lowest BCUT2D eigenvalue weighted by Crippen LogP contribution is -2.44. The highest BCUT2D eigenvalue weighted by molar-refractivity contribution is 14.1. The van der Waals surface area contributed by atoms with Crippen molar-refractivity contribution in [3.63, 3.8) is 0 Å². The van der Waals surface area contributed by atoms with Gasteiger partial charge in [0.15, 0.2) is 5.82 Å². The Hall–Kier alpha value is -4.38. The van der Waals surface area contributed by atoms with Crippen molar-refractivity contribution in [2.45, 2.75) is 51.5 Å². The lowest BCUT2D eigenvalue weighted by atomic mass is 9.86. The van der Waals surface area contributed by atoms with Gasteiger partial charge in [-0.05, 0) is 60.1 Å². The predicted molar refractivity (Wildman–Crippen MR) is 178 cm³/mol. The van der Waals surface area contributed by atoms with Crippen LogP contribution in [-0.4, -0.2) is 27.3 Å². The number of alkyl carbamates (subject to hydrolysis) is 1. The van der Waals surface area contributed by atoms with Crippen molar-refractivity contribution in [2.24, 2.45) is 0 Å². The minimum absolute atomic E-state index is 0.0604. The molecule has 0 saturated heterocycles. The molecule has 1 amide bonds. The fourth-order valence-corrected chi connectivity index (χ4v) is 5.51. The van der Waals surface area contributed by atoms with Gasteiger partial charge in [0.2, 0.25) is 16.9 Å². The summed E-state index contributed by atoms with van der Waals surface area (Å²) < 4.78 is 20.8. The fourth-order valence-electron chi connectivity index (χ4n) is 4.94. The molecule has 44 heavy (non-hydrogen) atoms. The van der Waals surface area contributed by atoms with Gasteiger partial charge in [0.25, 0.3) is 0 Å². The summed E-state index contributed by atoms with van der Waals surface area (Å²) in [5.74, 6) is 0.334. The van der Waals surface area contributed by atoms with Crippen LogP contribution in [0, 0.1) is 3.70 Å². The van der Waals surface area contributed by atoms with Gasteiger partial charge in [0, 0.05) is 17.5 Å². The number of ether oxygens (including phenoxy) is 2. The molecule has 0 unspecified atom stereocenters. The maximum absolute atomic E-state index is 13.3. The van der Waals surface area contributed by atoms with Crippen LogP contribution in [0.2, 0.25) is 0 Å². The largest absolute Gasteiger partial charge is 0.481 e. The van der Waals surface area contributed by atoms with E-state index < -0.39 is 17.7 Å². The number of carbonyl (C=O) groups excluding carboxylic acids is 1. The van der Waals surface area contributed by atoms with Crippen LogP contribution in [0.25, 0.3) is 11.6 Å². The molecule has 9 heteroatoms. The van der Waals surface area contributed by atoms with Crippen molar-refractivity contribution < 1.29 is 18.7 Å². The van der Waals surface area contributed by atoms with Gasteiger partial charge < -0.3 is 23.8 Å². The molecule has 2 aromatic heterocycles. The normalized spacial score (nSPS) is 12.1. The van der Waals surface area contributed by atoms with Gasteiger partial charge in [0.05, 0.1) is 19.0 Å². The quantitative estimate of drug-likeness (QED) is 0.152. The molecule has 0 fully saturated rings. The van der Waals surface area contributed by atoms with Crippen LogP contribution in [0.1, 0.15) is 43.4 Å². The second kappa shape index (κ2) is 13.9. The number of nitrogens with one attached hydrogen (secondary N) is 1. The second-order valence-corrected chi connectivity index (χ2v) is 12.5. The molecule has 0 aliphatic heterocycles. The highest BCUT2D eigenvalue weighted by atomic mass is 127. The second-order valence-electron chi connectivity index (χ2n) is 11.4. The Kier molecular flexibility index (Phi) is 9.84. The van der Waals surface area contributed by atoms with Crippen LogP contribution in [-0.2, 0) is 17.9 Å². The van der Waals surface area contributed by atoms with E-state index >= 15 is 0 Å². The minimum Gasteiger partial charge on any atom is -0.481 e. The molecular formula is C35H34IN3O5. The van der Waals surface area contributed by atoms with Gasteiger partial charge in [-0.15, -0.1) is 0 Å². The van der Waals surface area contributed by atoms with E-state index in [2.05, 4.69) is 32.9 Å². The molecule has 8 nitrogen and oxygen atoms in total. The smallest absolute Gasteiger partial charge is 0.407 e. The SMILES string of the molecule is CC(C)(C)NC(=O)O[C@H](Cn1c(I)cnc1-c1occc(=O)c1OCc1ccccc1)C(c1ccccc1)c1ccccc1. The number of nitrogens with zero attached hydrogens (tertiary/aromatic N) is 2. The first-order valence-electron chi connectivity index (χ1n) is 14.3. The minimum atomic E-state index is -0.673. The lowest BCUT2D eigenvalue weighted by molar-refractivity contribution is 0.0723. The molecule has 2 heterocycles. The zero-order chi connectivity index (χ0) is 31.1. The summed E-state index contributed by atoms with van der Waals surface area (Å²) in [5, 5.41) is 2.93. The molecule has 0 spiro atoms. The molecular weight excluding hydrogens is 669 g/mol. The maximum Gasteiger partial charge on any atom is 0.407 e. The number of carbonyl (C=O) groups is 1. The average Bonchev–Trinajstić information content (AvgIpc) is 3.36. The van der Waals surface area contributed by atoms with Gasteiger partial charge in [-0.1, -0.05) is 91.0 Å². The Morgan fingerprint density at radius 1 is 0.932 bits per heavy atom. The number of hydrogen-bond acceptors (Lipinski definition) is 6. The third kappa shape index (κ3) is 7.76. The molecule has 1 atom stereocenters. The molecule has 5 rings (SSSR count). The fraction of sp³-hybridized carbons (Fsp3) is 0.229.